The highest BCUT2D eigenvalue weighted by Gasteiger charge is 2.52. The summed E-state index contributed by atoms with van der Waals surface area (Å²) in [5.41, 5.74) is 2.44. The predicted octanol–water partition coefficient (Wildman–Crippen LogP) is 0.208. The second-order valence-corrected chi connectivity index (χ2v) is 12.8. The first-order valence-electron chi connectivity index (χ1n) is 11.4. The van der Waals surface area contributed by atoms with Crippen LogP contribution in [0.4, 0.5) is 5.69 Å². The number of rotatable bonds is 11. The summed E-state index contributed by atoms with van der Waals surface area (Å²) < 4.78 is 3.10. The molecule has 1 fully saturated rings. The number of aromatic nitrogens is 3. The van der Waals surface area contributed by atoms with Gasteiger partial charge in [0, 0.05) is 40.6 Å². The third-order valence-electron chi connectivity index (χ3n) is 5.73. The Balaban J connectivity index is 1.21. The fourth-order valence-corrected chi connectivity index (χ4v) is 8.22. The van der Waals surface area contributed by atoms with Crippen LogP contribution in [0.2, 0.25) is 0 Å². The monoisotopic (exact) mass is 586 g/mol. The van der Waals surface area contributed by atoms with Gasteiger partial charge in [-0.3, -0.25) is 9.69 Å². The normalized spacial score (nSPS) is 18.6. The van der Waals surface area contributed by atoms with Crippen LogP contribution in [-0.4, -0.2) is 61.6 Å². The van der Waals surface area contributed by atoms with Gasteiger partial charge in [-0.05, 0) is 5.57 Å². The van der Waals surface area contributed by atoms with Gasteiger partial charge in [0.05, 0.1) is 17.6 Å². The SMILES string of the molecule is O=C([O-])CSc1nnc(SCC2=C(C(=O)[O-])N3C(=O)C(Nc4cc[n+](Cc5ccccc5)cc4)C3SC2)s1. The Morgan fingerprint density at radius 1 is 1.08 bits per heavy atom. The minimum absolute atomic E-state index is 0.0888. The van der Waals surface area contributed by atoms with Crippen molar-refractivity contribution >= 4 is 70.2 Å². The van der Waals surface area contributed by atoms with Crippen molar-refractivity contribution in [3.05, 3.63) is 71.7 Å². The van der Waals surface area contributed by atoms with Crippen LogP contribution in [0.3, 0.4) is 0 Å². The molecular weight excluding hydrogens is 567 g/mol. The lowest BCUT2D eigenvalue weighted by Crippen LogP contribution is -2.68. The van der Waals surface area contributed by atoms with Gasteiger partial charge < -0.3 is 25.1 Å². The summed E-state index contributed by atoms with van der Waals surface area (Å²) in [6, 6.07) is 13.3. The topological polar surface area (TPSA) is 142 Å². The summed E-state index contributed by atoms with van der Waals surface area (Å²) in [7, 11) is 0. The summed E-state index contributed by atoms with van der Waals surface area (Å²) in [6.07, 6.45) is 3.87. The van der Waals surface area contributed by atoms with Gasteiger partial charge in [0.1, 0.15) is 11.4 Å². The number of β-lactam (4-membered cyclic amide) rings is 1. The van der Waals surface area contributed by atoms with Crippen LogP contribution in [0.15, 0.2) is 74.8 Å². The molecule has 2 aromatic heterocycles. The van der Waals surface area contributed by atoms with E-state index >= 15 is 0 Å². The number of nitrogens with one attached hydrogen (secondary N) is 1. The zero-order valence-electron chi connectivity index (χ0n) is 19.6. The number of carbonyl (C=O) groups excluding carboxylic acids is 3. The molecule has 0 spiro atoms. The number of benzene rings is 1. The molecule has 196 valence electrons. The average molecular weight is 587 g/mol. The van der Waals surface area contributed by atoms with Gasteiger partial charge in [-0.1, -0.05) is 65.2 Å². The zero-order chi connectivity index (χ0) is 26.6. The summed E-state index contributed by atoms with van der Waals surface area (Å²) in [4.78, 5) is 36.9. The number of hydrogen-bond acceptors (Lipinski definition) is 12. The molecule has 1 aromatic carbocycles. The van der Waals surface area contributed by atoms with Gasteiger partial charge in [0.15, 0.2) is 27.6 Å². The molecule has 1 amide bonds. The third kappa shape index (κ3) is 5.98. The van der Waals surface area contributed by atoms with Crippen LogP contribution >= 0.6 is 46.6 Å². The van der Waals surface area contributed by atoms with Crippen molar-refractivity contribution in [3.8, 4) is 0 Å². The van der Waals surface area contributed by atoms with E-state index in [1.54, 1.807) is 0 Å². The number of amides is 1. The van der Waals surface area contributed by atoms with Crippen molar-refractivity contribution in [3.63, 3.8) is 0 Å². The van der Waals surface area contributed by atoms with E-state index < -0.39 is 18.0 Å². The van der Waals surface area contributed by atoms with E-state index in [0.717, 1.165) is 24.0 Å². The van der Waals surface area contributed by atoms with Crippen molar-refractivity contribution in [2.24, 2.45) is 0 Å². The van der Waals surface area contributed by atoms with Gasteiger partial charge >= 0.3 is 0 Å². The molecule has 1 saturated heterocycles. The maximum atomic E-state index is 13.0. The number of nitrogens with zero attached hydrogens (tertiary/aromatic N) is 4. The van der Waals surface area contributed by atoms with E-state index in [1.807, 2.05) is 47.3 Å². The van der Waals surface area contributed by atoms with Crippen molar-refractivity contribution in [2.75, 3.05) is 22.6 Å². The molecule has 1 N–H and O–H groups in total. The first-order chi connectivity index (χ1) is 18.4. The van der Waals surface area contributed by atoms with Gasteiger partial charge in [0.25, 0.3) is 5.91 Å². The Hall–Kier alpha value is -3.07. The summed E-state index contributed by atoms with van der Waals surface area (Å²) >= 11 is 5.02. The van der Waals surface area contributed by atoms with Gasteiger partial charge in [-0.15, -0.1) is 22.0 Å². The highest BCUT2D eigenvalue weighted by molar-refractivity contribution is 8.03. The van der Waals surface area contributed by atoms with Crippen LogP contribution < -0.4 is 20.1 Å². The molecule has 5 rings (SSSR count). The van der Waals surface area contributed by atoms with E-state index in [4.69, 9.17) is 0 Å². The Bertz CT molecular complexity index is 1380. The lowest BCUT2D eigenvalue weighted by Gasteiger charge is -2.51. The fraction of sp³-hybridized carbons (Fsp3) is 0.250. The molecule has 0 radical (unpaired) electrons. The molecule has 38 heavy (non-hydrogen) atoms. The van der Waals surface area contributed by atoms with Crippen LogP contribution in [0.1, 0.15) is 5.56 Å². The minimum Gasteiger partial charge on any atom is -0.549 e. The fourth-order valence-electron chi connectivity index (χ4n) is 4.00. The average Bonchev–Trinajstić information content (AvgIpc) is 3.38. The van der Waals surface area contributed by atoms with Crippen molar-refractivity contribution in [1.82, 2.24) is 15.1 Å². The maximum Gasteiger partial charge on any atom is 0.253 e. The Labute approximate surface area is 234 Å². The molecule has 0 saturated carbocycles. The standard InChI is InChI=1S/C24H21N5O5S4/c30-17(31)13-37-24-27-26-23(38-24)36-12-15-11-35-21-18(20(32)29(21)19(15)22(33)34)25-16-6-8-28(9-7-16)10-14-4-2-1-3-5-14/h1-9,18,21H,10-13H2,(H2,30,31,33,34)/p-1. The van der Waals surface area contributed by atoms with E-state index in [9.17, 15) is 24.6 Å². The number of carboxylic acids is 2. The number of anilines is 1. The van der Waals surface area contributed by atoms with Crippen LogP contribution in [-0.2, 0) is 20.9 Å². The van der Waals surface area contributed by atoms with Gasteiger partial charge in [-0.25, -0.2) is 4.57 Å². The molecule has 2 atom stereocenters. The van der Waals surface area contributed by atoms with Crippen molar-refractivity contribution < 1.29 is 29.2 Å². The molecular formula is C24H20N5O5S4-. The number of hydrogen-bond donors (Lipinski definition) is 1. The van der Waals surface area contributed by atoms with Crippen LogP contribution in [0.25, 0.3) is 0 Å². The molecule has 10 nitrogen and oxygen atoms in total. The number of aliphatic carboxylic acids is 2. The summed E-state index contributed by atoms with van der Waals surface area (Å²) in [6.45, 7) is 0.729. The Morgan fingerprint density at radius 2 is 1.79 bits per heavy atom. The first-order valence-corrected chi connectivity index (χ1v) is 15.2. The van der Waals surface area contributed by atoms with E-state index in [-0.39, 0.29) is 22.7 Å². The first kappa shape index (κ1) is 26.5. The van der Waals surface area contributed by atoms with E-state index in [2.05, 4.69) is 27.6 Å². The largest absolute Gasteiger partial charge is 0.549 e. The lowest BCUT2D eigenvalue weighted by atomic mass is 10.0. The highest BCUT2D eigenvalue weighted by atomic mass is 32.2. The molecule has 2 aliphatic heterocycles. The molecule has 3 aromatic rings. The molecule has 14 heteroatoms. The number of pyridine rings is 1. The molecule has 4 heterocycles. The molecule has 0 bridgehead atoms. The van der Waals surface area contributed by atoms with Gasteiger partial charge in [0.2, 0.25) is 0 Å². The highest BCUT2D eigenvalue weighted by Crippen LogP contribution is 2.42. The number of carbonyl (C=O) groups is 3. The molecule has 0 aliphatic carbocycles. The minimum atomic E-state index is -1.39. The summed E-state index contributed by atoms with van der Waals surface area (Å²) in [5.74, 6) is -2.39. The Morgan fingerprint density at radius 3 is 2.47 bits per heavy atom. The van der Waals surface area contributed by atoms with Crippen molar-refractivity contribution in [1.29, 1.82) is 0 Å². The van der Waals surface area contributed by atoms with E-state index in [0.29, 0.717) is 25.8 Å². The summed E-state index contributed by atoms with van der Waals surface area (Å²) in [5, 5.41) is 33.5. The second kappa shape index (κ2) is 11.8. The molecule has 2 unspecified atom stereocenters. The van der Waals surface area contributed by atoms with Crippen LogP contribution in [0.5, 0.6) is 0 Å². The quantitative estimate of drug-likeness (QED) is 0.187. The predicted molar refractivity (Wildman–Crippen MR) is 141 cm³/mol. The second-order valence-electron chi connectivity index (χ2n) is 8.30. The van der Waals surface area contributed by atoms with Gasteiger partial charge in [-0.2, -0.15) is 0 Å². The maximum absolute atomic E-state index is 13.0. The Kier molecular flexibility index (Phi) is 8.21. The lowest BCUT2D eigenvalue weighted by molar-refractivity contribution is -0.688. The number of fused-ring (bicyclic) bond motifs is 1. The smallest absolute Gasteiger partial charge is 0.253 e. The van der Waals surface area contributed by atoms with Crippen LogP contribution in [0, 0.1) is 0 Å². The number of carboxylic acid groups (broad SMARTS) is 2. The number of thioether (sulfide) groups is 3. The third-order valence-corrected chi connectivity index (χ3v) is 10.3. The zero-order valence-corrected chi connectivity index (χ0v) is 22.9. The van der Waals surface area contributed by atoms with Crippen molar-refractivity contribution in [2.45, 2.75) is 26.6 Å². The molecule has 2 aliphatic rings. The van der Waals surface area contributed by atoms with E-state index in [1.165, 1.54) is 45.3 Å².